The van der Waals surface area contributed by atoms with Gasteiger partial charge in [0.2, 0.25) is 5.91 Å². The largest absolute Gasteiger partial charge is 0.380 e. The zero-order chi connectivity index (χ0) is 17.0. The van der Waals surface area contributed by atoms with Crippen molar-refractivity contribution in [3.63, 3.8) is 0 Å². The molecule has 0 saturated heterocycles. The quantitative estimate of drug-likeness (QED) is 0.447. The van der Waals surface area contributed by atoms with Crippen molar-refractivity contribution in [3.8, 4) is 0 Å². The van der Waals surface area contributed by atoms with Gasteiger partial charge in [0.05, 0.1) is 13.2 Å². The lowest BCUT2D eigenvalue weighted by molar-refractivity contribution is -0.115. The van der Waals surface area contributed by atoms with E-state index in [4.69, 9.17) is 15.0 Å². The highest BCUT2D eigenvalue weighted by Gasteiger charge is 2.24. The highest BCUT2D eigenvalue weighted by Crippen LogP contribution is 2.27. The Bertz CT molecular complexity index is 241. The Balaban J connectivity index is -0.000000410. The predicted octanol–water partition coefficient (Wildman–Crippen LogP) is 2.55. The fraction of sp³-hybridized carbons (Fsp3) is 0.929. The molecular formula is C14H34N2O3S. The number of rotatable bonds is 6. The SMILES string of the molecule is CC(C)C(C)(C)COCC(C)(C)CN.CC(N)=O.OS. The van der Waals surface area contributed by atoms with Gasteiger partial charge in [0.15, 0.2) is 0 Å². The van der Waals surface area contributed by atoms with E-state index >= 15 is 0 Å². The van der Waals surface area contributed by atoms with Crippen molar-refractivity contribution in [2.24, 2.45) is 28.2 Å². The van der Waals surface area contributed by atoms with Crippen LogP contribution in [0.4, 0.5) is 0 Å². The van der Waals surface area contributed by atoms with Gasteiger partial charge < -0.3 is 20.8 Å². The van der Waals surface area contributed by atoms with Crippen LogP contribution in [0.3, 0.4) is 0 Å². The van der Waals surface area contributed by atoms with Gasteiger partial charge in [0.25, 0.3) is 0 Å². The molecule has 0 aliphatic rings. The third-order valence-corrected chi connectivity index (χ3v) is 3.08. The molecule has 0 unspecified atom stereocenters. The van der Waals surface area contributed by atoms with E-state index in [9.17, 15) is 4.79 Å². The Hall–Kier alpha value is -0.300. The number of carbonyl (C=O) groups excluding carboxylic acids is 1. The van der Waals surface area contributed by atoms with E-state index in [0.717, 1.165) is 13.2 Å². The Morgan fingerprint density at radius 3 is 1.80 bits per heavy atom. The van der Waals surface area contributed by atoms with E-state index in [1.807, 2.05) is 0 Å². The summed E-state index contributed by atoms with van der Waals surface area (Å²) in [5.41, 5.74) is 10.5. The average molecular weight is 311 g/mol. The van der Waals surface area contributed by atoms with Gasteiger partial charge in [-0.15, -0.1) is 0 Å². The molecule has 0 aromatic carbocycles. The number of primary amides is 1. The van der Waals surface area contributed by atoms with Crippen LogP contribution in [0.2, 0.25) is 0 Å². The van der Waals surface area contributed by atoms with Crippen LogP contribution in [0.15, 0.2) is 0 Å². The van der Waals surface area contributed by atoms with E-state index in [2.05, 4.69) is 60.2 Å². The molecule has 124 valence electrons. The van der Waals surface area contributed by atoms with Gasteiger partial charge >= 0.3 is 0 Å². The lowest BCUT2D eigenvalue weighted by atomic mass is 9.82. The smallest absolute Gasteiger partial charge is 0.214 e. The van der Waals surface area contributed by atoms with Gasteiger partial charge in [-0.05, 0) is 30.8 Å². The molecule has 1 amide bonds. The average Bonchev–Trinajstić information content (AvgIpc) is 2.30. The summed E-state index contributed by atoms with van der Waals surface area (Å²) in [6, 6.07) is 0. The third kappa shape index (κ3) is 17.7. The Labute approximate surface area is 130 Å². The maximum atomic E-state index is 9.22. The molecule has 0 radical (unpaired) electrons. The molecule has 0 saturated carbocycles. The topological polar surface area (TPSA) is 98.6 Å². The maximum absolute atomic E-state index is 9.22. The van der Waals surface area contributed by atoms with Gasteiger partial charge in [-0.2, -0.15) is 0 Å². The van der Waals surface area contributed by atoms with E-state index < -0.39 is 0 Å². The first-order chi connectivity index (χ1) is 8.94. The van der Waals surface area contributed by atoms with Crippen LogP contribution in [0.5, 0.6) is 0 Å². The summed E-state index contributed by atoms with van der Waals surface area (Å²) >= 11 is 2.53. The predicted molar refractivity (Wildman–Crippen MR) is 88.8 cm³/mol. The summed E-state index contributed by atoms with van der Waals surface area (Å²) in [7, 11) is 0. The molecule has 0 rings (SSSR count). The van der Waals surface area contributed by atoms with E-state index in [-0.39, 0.29) is 16.7 Å². The minimum Gasteiger partial charge on any atom is -0.380 e. The summed E-state index contributed by atoms with van der Waals surface area (Å²) in [6.07, 6.45) is 0. The molecule has 0 aliphatic carbocycles. The zero-order valence-corrected chi connectivity index (χ0v) is 15.0. The number of carbonyl (C=O) groups is 1. The van der Waals surface area contributed by atoms with E-state index in [1.54, 1.807) is 0 Å². The van der Waals surface area contributed by atoms with Crippen molar-refractivity contribution in [1.29, 1.82) is 0 Å². The molecule has 20 heavy (non-hydrogen) atoms. The molecule has 6 heteroatoms. The number of hydrogen-bond acceptors (Lipinski definition) is 5. The zero-order valence-electron chi connectivity index (χ0n) is 14.1. The van der Waals surface area contributed by atoms with Gasteiger partial charge in [-0.1, -0.05) is 41.5 Å². The van der Waals surface area contributed by atoms with E-state index in [1.165, 1.54) is 6.92 Å². The first-order valence-electron chi connectivity index (χ1n) is 6.68. The van der Waals surface area contributed by atoms with E-state index in [0.29, 0.717) is 12.5 Å². The van der Waals surface area contributed by atoms with Crippen molar-refractivity contribution in [3.05, 3.63) is 0 Å². The summed E-state index contributed by atoms with van der Waals surface area (Å²) < 4.78 is 12.4. The third-order valence-electron chi connectivity index (χ3n) is 3.08. The standard InChI is InChI=1S/C12H27NO.C2H5NO.H2OS/c1-10(2)12(5,6)9-14-8-11(3,4)7-13;1-2(3)4;1-2/h10H,7-9,13H2,1-6H3;1H3,(H2,3,4);1-2H. The highest BCUT2D eigenvalue weighted by atomic mass is 32.1. The monoisotopic (exact) mass is 310 g/mol. The summed E-state index contributed by atoms with van der Waals surface area (Å²) in [5, 5.41) is 0. The van der Waals surface area contributed by atoms with Crippen molar-refractivity contribution in [1.82, 2.24) is 0 Å². The van der Waals surface area contributed by atoms with Crippen molar-refractivity contribution >= 4 is 18.8 Å². The molecule has 0 spiro atoms. The summed E-state index contributed by atoms with van der Waals surface area (Å²) in [5.74, 6) is 0.309. The fourth-order valence-corrected chi connectivity index (χ4v) is 0.816. The molecule has 0 heterocycles. The molecule has 0 aromatic rings. The summed E-state index contributed by atoms with van der Waals surface area (Å²) in [4.78, 5) is 9.22. The van der Waals surface area contributed by atoms with Gasteiger partial charge in [0, 0.05) is 12.3 Å². The molecule has 0 aliphatic heterocycles. The minimum atomic E-state index is -0.333. The summed E-state index contributed by atoms with van der Waals surface area (Å²) in [6.45, 7) is 16.8. The molecule has 0 aromatic heterocycles. The minimum absolute atomic E-state index is 0.104. The lowest BCUT2D eigenvalue weighted by Crippen LogP contribution is -2.32. The van der Waals surface area contributed by atoms with Crippen LogP contribution >= 0.6 is 12.9 Å². The lowest BCUT2D eigenvalue weighted by Gasteiger charge is -2.31. The number of nitrogens with two attached hydrogens (primary N) is 2. The maximum Gasteiger partial charge on any atom is 0.214 e. The molecule has 0 bridgehead atoms. The Morgan fingerprint density at radius 2 is 1.55 bits per heavy atom. The number of hydrogen-bond donors (Lipinski definition) is 4. The number of thiol groups is 1. The van der Waals surface area contributed by atoms with Gasteiger partial charge in [-0.25, -0.2) is 0 Å². The number of amides is 1. The fourth-order valence-electron chi connectivity index (χ4n) is 0.816. The van der Waals surface area contributed by atoms with Crippen molar-refractivity contribution < 1.29 is 14.1 Å². The molecule has 5 N–H and O–H groups in total. The molecular weight excluding hydrogens is 276 g/mol. The first kappa shape index (κ1) is 24.7. The van der Waals surface area contributed by atoms with Crippen LogP contribution < -0.4 is 11.5 Å². The highest BCUT2D eigenvalue weighted by molar-refractivity contribution is 7.74. The molecule has 0 atom stereocenters. The first-order valence-corrected chi connectivity index (χ1v) is 7.08. The second kappa shape index (κ2) is 12.4. The van der Waals surface area contributed by atoms with Crippen LogP contribution in [-0.4, -0.2) is 30.2 Å². The van der Waals surface area contributed by atoms with Crippen molar-refractivity contribution in [2.45, 2.75) is 48.5 Å². The molecule has 5 nitrogen and oxygen atoms in total. The second-order valence-electron chi connectivity index (χ2n) is 6.62. The normalized spacial score (nSPS) is 11.2. The van der Waals surface area contributed by atoms with Crippen LogP contribution in [0, 0.1) is 16.7 Å². The second-order valence-corrected chi connectivity index (χ2v) is 6.62. The van der Waals surface area contributed by atoms with Crippen molar-refractivity contribution in [2.75, 3.05) is 19.8 Å². The Morgan fingerprint density at radius 1 is 1.20 bits per heavy atom. The van der Waals surface area contributed by atoms with Gasteiger partial charge in [0.1, 0.15) is 0 Å². The molecule has 0 fully saturated rings. The van der Waals surface area contributed by atoms with Crippen LogP contribution in [0.1, 0.15) is 48.5 Å². The van der Waals surface area contributed by atoms with Gasteiger partial charge in [-0.3, -0.25) is 4.79 Å². The Kier molecular flexibility index (Phi) is 15.4. The van der Waals surface area contributed by atoms with Crippen LogP contribution in [-0.2, 0) is 9.53 Å². The number of ether oxygens (including phenoxy) is 1. The van der Waals surface area contributed by atoms with Crippen LogP contribution in [0.25, 0.3) is 0 Å².